The molecule has 0 saturated carbocycles. The van der Waals surface area contributed by atoms with Crippen molar-refractivity contribution in [2.45, 2.75) is 0 Å². The number of esters is 1. The minimum absolute atomic E-state index is 0.0155. The van der Waals surface area contributed by atoms with E-state index in [4.69, 9.17) is 9.47 Å². The summed E-state index contributed by atoms with van der Waals surface area (Å²) in [5, 5.41) is 10.7. The molecule has 7 nitrogen and oxygen atoms in total. The third-order valence-electron chi connectivity index (χ3n) is 4.21. The molecule has 3 aromatic carbocycles. The zero-order chi connectivity index (χ0) is 21.5. The Kier molecular flexibility index (Phi) is 6.34. The van der Waals surface area contributed by atoms with Gasteiger partial charge in [0.25, 0.3) is 5.69 Å². The SMILES string of the molecule is COc1ccc(C(=O)Oc2ccc(C(=O)/C=C/c3ccc([N+](=O)[O-])cc3)cc2)cc1. The van der Waals surface area contributed by atoms with Crippen LogP contribution in [-0.2, 0) is 0 Å². The highest BCUT2D eigenvalue weighted by Crippen LogP contribution is 2.18. The predicted molar refractivity (Wildman–Crippen MR) is 111 cm³/mol. The Morgan fingerprint density at radius 3 is 1.97 bits per heavy atom. The smallest absolute Gasteiger partial charge is 0.343 e. The molecular weight excluding hydrogens is 386 g/mol. The monoisotopic (exact) mass is 403 g/mol. The molecule has 3 aromatic rings. The summed E-state index contributed by atoms with van der Waals surface area (Å²) in [5.74, 6) is 0.180. The van der Waals surface area contributed by atoms with Crippen LogP contribution < -0.4 is 9.47 Å². The third kappa shape index (κ3) is 5.17. The zero-order valence-corrected chi connectivity index (χ0v) is 16.0. The van der Waals surface area contributed by atoms with E-state index in [1.165, 1.54) is 37.5 Å². The first-order chi connectivity index (χ1) is 14.5. The van der Waals surface area contributed by atoms with Crippen LogP contribution in [0.5, 0.6) is 11.5 Å². The maximum Gasteiger partial charge on any atom is 0.343 e. The van der Waals surface area contributed by atoms with E-state index >= 15 is 0 Å². The molecule has 0 heterocycles. The van der Waals surface area contributed by atoms with Crippen LogP contribution >= 0.6 is 0 Å². The first kappa shape index (κ1) is 20.5. The zero-order valence-electron chi connectivity index (χ0n) is 16.0. The summed E-state index contributed by atoms with van der Waals surface area (Å²) in [4.78, 5) is 34.6. The van der Waals surface area contributed by atoms with Crippen molar-refractivity contribution >= 4 is 23.5 Å². The molecular formula is C23H17NO6. The number of nitro benzene ring substituents is 1. The molecule has 0 saturated heterocycles. The van der Waals surface area contributed by atoms with Gasteiger partial charge in [-0.25, -0.2) is 4.79 Å². The van der Waals surface area contributed by atoms with Crippen LogP contribution in [0, 0.1) is 10.1 Å². The van der Waals surface area contributed by atoms with Crippen LogP contribution in [0.4, 0.5) is 5.69 Å². The number of non-ortho nitro benzene ring substituents is 1. The van der Waals surface area contributed by atoms with Crippen LogP contribution in [-0.4, -0.2) is 23.8 Å². The van der Waals surface area contributed by atoms with Gasteiger partial charge in [0.2, 0.25) is 0 Å². The second kappa shape index (κ2) is 9.29. The van der Waals surface area contributed by atoms with E-state index < -0.39 is 10.9 Å². The summed E-state index contributed by atoms with van der Waals surface area (Å²) in [6.45, 7) is 0. The maximum atomic E-state index is 12.3. The number of ether oxygens (including phenoxy) is 2. The van der Waals surface area contributed by atoms with E-state index in [-0.39, 0.29) is 11.5 Å². The van der Waals surface area contributed by atoms with E-state index in [9.17, 15) is 19.7 Å². The largest absolute Gasteiger partial charge is 0.497 e. The van der Waals surface area contributed by atoms with Gasteiger partial charge in [-0.05, 0) is 72.3 Å². The first-order valence-corrected chi connectivity index (χ1v) is 8.89. The minimum Gasteiger partial charge on any atom is -0.497 e. The second-order valence-electron chi connectivity index (χ2n) is 6.19. The lowest BCUT2D eigenvalue weighted by Crippen LogP contribution is -2.08. The molecule has 0 aliphatic carbocycles. The molecule has 0 N–H and O–H groups in total. The molecule has 0 spiro atoms. The fourth-order valence-corrected chi connectivity index (χ4v) is 2.56. The fraction of sp³-hybridized carbons (Fsp3) is 0.0435. The average Bonchev–Trinajstić information content (AvgIpc) is 2.78. The molecule has 0 aliphatic rings. The van der Waals surface area contributed by atoms with Crippen molar-refractivity contribution in [3.05, 3.63) is 106 Å². The fourth-order valence-electron chi connectivity index (χ4n) is 2.56. The van der Waals surface area contributed by atoms with Gasteiger partial charge >= 0.3 is 5.97 Å². The van der Waals surface area contributed by atoms with Gasteiger partial charge < -0.3 is 9.47 Å². The number of hydrogen-bond acceptors (Lipinski definition) is 6. The van der Waals surface area contributed by atoms with Crippen LogP contribution in [0.2, 0.25) is 0 Å². The molecule has 0 aliphatic heterocycles. The molecule has 0 aromatic heterocycles. The number of nitro groups is 1. The van der Waals surface area contributed by atoms with Crippen LogP contribution in [0.25, 0.3) is 6.08 Å². The van der Waals surface area contributed by atoms with Gasteiger partial charge in [-0.15, -0.1) is 0 Å². The van der Waals surface area contributed by atoms with E-state index in [0.717, 1.165) is 0 Å². The summed E-state index contributed by atoms with van der Waals surface area (Å²) in [6, 6.07) is 18.6. The number of ketones is 1. The van der Waals surface area contributed by atoms with Gasteiger partial charge in [-0.2, -0.15) is 0 Å². The average molecular weight is 403 g/mol. The number of carbonyl (C=O) groups is 2. The van der Waals surface area contributed by atoms with Gasteiger partial charge in [-0.1, -0.05) is 6.08 Å². The van der Waals surface area contributed by atoms with E-state index in [0.29, 0.717) is 28.2 Å². The Morgan fingerprint density at radius 2 is 1.40 bits per heavy atom. The Morgan fingerprint density at radius 1 is 0.833 bits per heavy atom. The molecule has 0 amide bonds. The van der Waals surface area contributed by atoms with Crippen molar-refractivity contribution in [3.8, 4) is 11.5 Å². The number of methoxy groups -OCH3 is 1. The number of hydrogen-bond donors (Lipinski definition) is 0. The minimum atomic E-state index is -0.519. The van der Waals surface area contributed by atoms with E-state index in [2.05, 4.69) is 0 Å². The van der Waals surface area contributed by atoms with Gasteiger partial charge in [-0.3, -0.25) is 14.9 Å². The van der Waals surface area contributed by atoms with Gasteiger partial charge in [0, 0.05) is 17.7 Å². The van der Waals surface area contributed by atoms with Gasteiger partial charge in [0.05, 0.1) is 17.6 Å². The van der Waals surface area contributed by atoms with Gasteiger partial charge in [0.15, 0.2) is 5.78 Å². The summed E-state index contributed by atoms with van der Waals surface area (Å²) in [6.07, 6.45) is 2.95. The highest BCUT2D eigenvalue weighted by atomic mass is 16.6. The number of nitrogens with zero attached hydrogens (tertiary/aromatic N) is 1. The Labute approximate surface area is 172 Å². The Balaban J connectivity index is 1.62. The molecule has 0 atom stereocenters. The molecule has 0 unspecified atom stereocenters. The lowest BCUT2D eigenvalue weighted by Gasteiger charge is -2.06. The molecule has 7 heteroatoms. The molecule has 0 fully saturated rings. The number of allylic oxidation sites excluding steroid dienone is 1. The van der Waals surface area contributed by atoms with E-state index in [1.807, 2.05) is 0 Å². The predicted octanol–water partition coefficient (Wildman–Crippen LogP) is 4.72. The highest BCUT2D eigenvalue weighted by molar-refractivity contribution is 6.06. The quantitative estimate of drug-likeness (QED) is 0.141. The summed E-state index contributed by atoms with van der Waals surface area (Å²) < 4.78 is 10.4. The van der Waals surface area contributed by atoms with Crippen LogP contribution in [0.1, 0.15) is 26.3 Å². The lowest BCUT2D eigenvalue weighted by atomic mass is 10.1. The summed E-state index contributed by atoms with van der Waals surface area (Å²) in [7, 11) is 1.54. The maximum absolute atomic E-state index is 12.3. The topological polar surface area (TPSA) is 95.7 Å². The molecule has 150 valence electrons. The Bertz CT molecular complexity index is 1080. The normalized spacial score (nSPS) is 10.6. The van der Waals surface area contributed by atoms with E-state index in [1.54, 1.807) is 54.6 Å². The van der Waals surface area contributed by atoms with Crippen LogP contribution in [0.3, 0.4) is 0 Å². The summed E-state index contributed by atoms with van der Waals surface area (Å²) in [5.41, 5.74) is 1.44. The standard InChI is InChI=1S/C23H17NO6/c1-29-20-11-7-18(8-12-20)23(26)30-21-13-5-17(6-14-21)22(25)15-4-16-2-9-19(10-3-16)24(27)28/h2-15H,1H3/b15-4+. The summed E-state index contributed by atoms with van der Waals surface area (Å²) >= 11 is 0. The van der Waals surface area contributed by atoms with Crippen molar-refractivity contribution in [1.29, 1.82) is 0 Å². The number of benzene rings is 3. The van der Waals surface area contributed by atoms with Crippen LogP contribution in [0.15, 0.2) is 78.9 Å². The molecule has 0 radical (unpaired) electrons. The third-order valence-corrected chi connectivity index (χ3v) is 4.21. The van der Waals surface area contributed by atoms with Crippen molar-refractivity contribution in [1.82, 2.24) is 0 Å². The van der Waals surface area contributed by atoms with Crippen molar-refractivity contribution in [3.63, 3.8) is 0 Å². The molecule has 0 bridgehead atoms. The number of carbonyl (C=O) groups excluding carboxylic acids is 2. The first-order valence-electron chi connectivity index (χ1n) is 8.89. The second-order valence-corrected chi connectivity index (χ2v) is 6.19. The van der Waals surface area contributed by atoms with Crippen molar-refractivity contribution < 1.29 is 24.0 Å². The number of rotatable bonds is 7. The van der Waals surface area contributed by atoms with Gasteiger partial charge in [0.1, 0.15) is 11.5 Å². The highest BCUT2D eigenvalue weighted by Gasteiger charge is 2.10. The van der Waals surface area contributed by atoms with Crippen molar-refractivity contribution in [2.24, 2.45) is 0 Å². The molecule has 30 heavy (non-hydrogen) atoms. The van der Waals surface area contributed by atoms with Crippen molar-refractivity contribution in [2.75, 3.05) is 7.11 Å². The molecule has 3 rings (SSSR count). The lowest BCUT2D eigenvalue weighted by molar-refractivity contribution is -0.384. The Hall–Kier alpha value is -4.26.